The van der Waals surface area contributed by atoms with Gasteiger partial charge in [0, 0.05) is 6.54 Å². The summed E-state index contributed by atoms with van der Waals surface area (Å²) in [4.78, 5) is 12.1. The molecule has 1 aromatic rings. The lowest BCUT2D eigenvalue weighted by Gasteiger charge is -2.04. The van der Waals surface area contributed by atoms with Crippen molar-refractivity contribution in [3.63, 3.8) is 0 Å². The highest BCUT2D eigenvalue weighted by Gasteiger charge is 2.22. The molecule has 0 saturated carbocycles. The number of nitrogen functional groups attached to an aromatic ring is 1. The van der Waals surface area contributed by atoms with Crippen LogP contribution in [0.15, 0.2) is 11.6 Å². The van der Waals surface area contributed by atoms with Gasteiger partial charge in [0.15, 0.2) is 5.75 Å². The SMILES string of the molecule is CCOC(=O)c1sc(NCC=C(C)C)c(OC)c1N. The van der Waals surface area contributed by atoms with E-state index >= 15 is 0 Å². The van der Waals surface area contributed by atoms with Gasteiger partial charge < -0.3 is 20.5 Å². The van der Waals surface area contributed by atoms with E-state index in [9.17, 15) is 4.79 Å². The molecule has 0 bridgehead atoms. The molecule has 19 heavy (non-hydrogen) atoms. The normalized spacial score (nSPS) is 9.89. The van der Waals surface area contributed by atoms with Gasteiger partial charge in [-0.25, -0.2) is 4.79 Å². The van der Waals surface area contributed by atoms with Crippen molar-refractivity contribution in [2.24, 2.45) is 0 Å². The molecule has 106 valence electrons. The summed E-state index contributed by atoms with van der Waals surface area (Å²) in [6.07, 6.45) is 2.04. The predicted octanol–water partition coefficient (Wildman–Crippen LogP) is 2.89. The second-order valence-electron chi connectivity index (χ2n) is 4.09. The van der Waals surface area contributed by atoms with E-state index in [-0.39, 0.29) is 0 Å². The number of rotatable bonds is 6. The molecule has 0 spiro atoms. The topological polar surface area (TPSA) is 73.6 Å². The Morgan fingerprint density at radius 2 is 2.16 bits per heavy atom. The zero-order chi connectivity index (χ0) is 14.4. The molecular weight excluding hydrogens is 264 g/mol. The number of anilines is 2. The van der Waals surface area contributed by atoms with Crippen molar-refractivity contribution in [3.8, 4) is 5.75 Å². The van der Waals surface area contributed by atoms with Crippen molar-refractivity contribution in [2.45, 2.75) is 20.8 Å². The van der Waals surface area contributed by atoms with E-state index in [0.29, 0.717) is 29.5 Å². The molecule has 0 fully saturated rings. The monoisotopic (exact) mass is 284 g/mol. The summed E-state index contributed by atoms with van der Waals surface area (Å²) in [5.41, 5.74) is 7.44. The first-order valence-electron chi connectivity index (χ1n) is 6.01. The number of thiophene rings is 1. The van der Waals surface area contributed by atoms with E-state index in [1.807, 2.05) is 19.9 Å². The molecular formula is C13H20N2O3S. The molecule has 1 heterocycles. The Kier molecular flexibility index (Phi) is 5.69. The standard InChI is InChI=1S/C13H20N2O3S/c1-5-18-13(16)11-9(14)10(17-4)12(19-11)15-7-6-8(2)3/h6,15H,5,7,14H2,1-4H3. The summed E-state index contributed by atoms with van der Waals surface area (Å²) in [5, 5.41) is 3.92. The highest BCUT2D eigenvalue weighted by atomic mass is 32.1. The number of carbonyl (C=O) groups is 1. The van der Waals surface area contributed by atoms with Crippen LogP contribution in [0, 0.1) is 0 Å². The first kappa shape index (κ1) is 15.4. The third kappa shape index (κ3) is 3.89. The zero-order valence-electron chi connectivity index (χ0n) is 11.7. The Balaban J connectivity index is 2.95. The number of allylic oxidation sites excluding steroid dienone is 1. The van der Waals surface area contributed by atoms with Crippen LogP contribution in [0.3, 0.4) is 0 Å². The molecule has 0 atom stereocenters. The summed E-state index contributed by atoms with van der Waals surface area (Å²) >= 11 is 1.25. The molecule has 0 aliphatic carbocycles. The van der Waals surface area contributed by atoms with Crippen LogP contribution in [0.1, 0.15) is 30.4 Å². The van der Waals surface area contributed by atoms with Crippen molar-refractivity contribution in [2.75, 3.05) is 31.3 Å². The number of carbonyl (C=O) groups excluding carboxylic acids is 1. The van der Waals surface area contributed by atoms with Crippen LogP contribution >= 0.6 is 11.3 Å². The second kappa shape index (κ2) is 7.04. The van der Waals surface area contributed by atoms with Crippen LogP contribution in [-0.4, -0.2) is 26.2 Å². The Hall–Kier alpha value is -1.69. The van der Waals surface area contributed by atoms with E-state index in [0.717, 1.165) is 5.00 Å². The average molecular weight is 284 g/mol. The Bertz CT molecular complexity index is 476. The predicted molar refractivity (Wildman–Crippen MR) is 79.2 cm³/mol. The number of methoxy groups -OCH3 is 1. The van der Waals surface area contributed by atoms with Gasteiger partial charge in [0.05, 0.1) is 13.7 Å². The number of ether oxygens (including phenoxy) is 2. The lowest BCUT2D eigenvalue weighted by molar-refractivity contribution is 0.0533. The number of hydrogen-bond acceptors (Lipinski definition) is 6. The minimum Gasteiger partial charge on any atom is -0.492 e. The number of nitrogens with one attached hydrogen (secondary N) is 1. The van der Waals surface area contributed by atoms with Crippen LogP contribution in [0.5, 0.6) is 5.75 Å². The molecule has 0 aliphatic heterocycles. The molecule has 0 amide bonds. The molecule has 0 saturated heterocycles. The van der Waals surface area contributed by atoms with Gasteiger partial charge in [-0.05, 0) is 20.8 Å². The zero-order valence-corrected chi connectivity index (χ0v) is 12.5. The van der Waals surface area contributed by atoms with Gasteiger partial charge in [-0.2, -0.15) is 0 Å². The van der Waals surface area contributed by atoms with Crippen molar-refractivity contribution in [1.82, 2.24) is 0 Å². The number of esters is 1. The van der Waals surface area contributed by atoms with E-state index in [1.165, 1.54) is 24.0 Å². The quantitative estimate of drug-likeness (QED) is 0.620. The van der Waals surface area contributed by atoms with Crippen molar-refractivity contribution < 1.29 is 14.3 Å². The molecule has 0 aliphatic rings. The maximum Gasteiger partial charge on any atom is 0.350 e. The molecule has 1 rings (SSSR count). The minimum absolute atomic E-state index is 0.318. The molecule has 0 unspecified atom stereocenters. The van der Waals surface area contributed by atoms with Crippen LogP contribution in [-0.2, 0) is 4.74 Å². The van der Waals surface area contributed by atoms with Gasteiger partial charge in [0.1, 0.15) is 15.6 Å². The minimum atomic E-state index is -0.418. The third-order valence-electron chi connectivity index (χ3n) is 2.34. The first-order valence-corrected chi connectivity index (χ1v) is 6.83. The Morgan fingerprint density at radius 1 is 1.47 bits per heavy atom. The van der Waals surface area contributed by atoms with E-state index in [1.54, 1.807) is 6.92 Å². The smallest absolute Gasteiger partial charge is 0.350 e. The second-order valence-corrected chi connectivity index (χ2v) is 5.11. The Morgan fingerprint density at radius 3 is 2.68 bits per heavy atom. The molecule has 3 N–H and O–H groups in total. The lowest BCUT2D eigenvalue weighted by Crippen LogP contribution is -2.05. The van der Waals surface area contributed by atoms with Crippen LogP contribution < -0.4 is 15.8 Å². The summed E-state index contributed by atoms with van der Waals surface area (Å²) in [7, 11) is 1.53. The highest BCUT2D eigenvalue weighted by Crippen LogP contribution is 2.42. The largest absolute Gasteiger partial charge is 0.492 e. The molecule has 0 aromatic carbocycles. The van der Waals surface area contributed by atoms with E-state index < -0.39 is 5.97 Å². The van der Waals surface area contributed by atoms with Crippen LogP contribution in [0.2, 0.25) is 0 Å². The summed E-state index contributed by atoms with van der Waals surface area (Å²) in [5.74, 6) is 0.0776. The van der Waals surface area contributed by atoms with Gasteiger partial charge >= 0.3 is 5.97 Å². The van der Waals surface area contributed by atoms with Gasteiger partial charge in [-0.1, -0.05) is 11.6 Å². The third-order valence-corrected chi connectivity index (χ3v) is 3.46. The van der Waals surface area contributed by atoms with Crippen molar-refractivity contribution in [3.05, 3.63) is 16.5 Å². The fraction of sp³-hybridized carbons (Fsp3) is 0.462. The van der Waals surface area contributed by atoms with Gasteiger partial charge in [-0.15, -0.1) is 11.3 Å². The van der Waals surface area contributed by atoms with Gasteiger partial charge in [-0.3, -0.25) is 0 Å². The first-order chi connectivity index (χ1) is 9.01. The highest BCUT2D eigenvalue weighted by molar-refractivity contribution is 7.19. The van der Waals surface area contributed by atoms with E-state index in [4.69, 9.17) is 15.2 Å². The van der Waals surface area contributed by atoms with E-state index in [2.05, 4.69) is 5.32 Å². The van der Waals surface area contributed by atoms with Crippen LogP contribution in [0.25, 0.3) is 0 Å². The number of hydrogen-bond donors (Lipinski definition) is 2. The fourth-order valence-electron chi connectivity index (χ4n) is 1.44. The summed E-state index contributed by atoms with van der Waals surface area (Å²) in [6, 6.07) is 0. The fourth-order valence-corrected chi connectivity index (χ4v) is 2.43. The Labute approximate surface area is 117 Å². The lowest BCUT2D eigenvalue weighted by atomic mass is 10.3. The average Bonchev–Trinajstić information content (AvgIpc) is 2.65. The van der Waals surface area contributed by atoms with Crippen molar-refractivity contribution >= 4 is 28.0 Å². The molecule has 5 nitrogen and oxygen atoms in total. The van der Waals surface area contributed by atoms with Gasteiger partial charge in [0.25, 0.3) is 0 Å². The number of nitrogens with two attached hydrogens (primary N) is 1. The van der Waals surface area contributed by atoms with Crippen LogP contribution in [0.4, 0.5) is 10.7 Å². The van der Waals surface area contributed by atoms with Gasteiger partial charge in [0.2, 0.25) is 0 Å². The summed E-state index contributed by atoms with van der Waals surface area (Å²) in [6.45, 7) is 6.77. The maximum atomic E-state index is 11.7. The van der Waals surface area contributed by atoms with Crippen molar-refractivity contribution in [1.29, 1.82) is 0 Å². The maximum absolute atomic E-state index is 11.7. The molecule has 0 radical (unpaired) electrons. The molecule has 1 aromatic heterocycles. The molecule has 6 heteroatoms. The summed E-state index contributed by atoms with van der Waals surface area (Å²) < 4.78 is 10.2.